The molecule has 4 aromatic heterocycles. The summed E-state index contributed by atoms with van der Waals surface area (Å²) in [6.07, 6.45) is 0. The quantitative estimate of drug-likeness (QED) is 0.165. The molecule has 394 valence electrons. The number of hydrogen-bond acceptors (Lipinski definition) is 10. The summed E-state index contributed by atoms with van der Waals surface area (Å²) in [5.74, 6) is -0.263. The van der Waals surface area contributed by atoms with Gasteiger partial charge >= 0.3 is 0 Å². The largest absolute Gasteiger partial charge is 0.480 e. The van der Waals surface area contributed by atoms with E-state index in [-0.39, 0.29) is 47.3 Å². The molecule has 8 bridgehead atoms. The van der Waals surface area contributed by atoms with E-state index < -0.39 is 0 Å². The molecule has 0 amide bonds. The first-order valence-electron chi connectivity index (χ1n) is 29.1. The van der Waals surface area contributed by atoms with Crippen LogP contribution in [0, 0.1) is 0 Å². The summed E-state index contributed by atoms with van der Waals surface area (Å²) in [5, 5.41) is 43.0. The smallest absolute Gasteiger partial charge is 0.237 e. The molecule has 0 radical (unpaired) electrons. The van der Waals surface area contributed by atoms with Crippen LogP contribution in [0.25, 0.3) is 34.2 Å². The summed E-state index contributed by atoms with van der Waals surface area (Å²) < 4.78 is 12.5. The summed E-state index contributed by atoms with van der Waals surface area (Å²) >= 11 is 0. The van der Waals surface area contributed by atoms with Crippen LogP contribution in [0.3, 0.4) is 0 Å². The topological polar surface area (TPSA) is 122 Å². The third-order valence-corrected chi connectivity index (χ3v) is 20.4. The molecule has 0 fully saturated rings. The highest BCUT2D eigenvalue weighted by atomic mass is 16.5. The van der Waals surface area contributed by atoms with E-state index >= 15 is 0 Å². The lowest BCUT2D eigenvalue weighted by Crippen LogP contribution is -2.33. The number of aromatic nitrogens is 8. The minimum Gasteiger partial charge on any atom is -0.480 e. The fraction of sp³-hybridized carbons (Fsp3) is 0.135. The minimum absolute atomic E-state index is 0.107. The Labute approximate surface area is 483 Å². The Bertz CT molecular complexity index is 4490. The number of nitrogens with zero attached hydrogens (tertiary/aromatic N) is 8. The lowest BCUT2D eigenvalue weighted by molar-refractivity contribution is 0.382. The first-order chi connectivity index (χ1) is 41.7. The molecule has 12 aliphatic rings. The Hall–Kier alpha value is -10.3. The highest BCUT2D eigenvalue weighted by Crippen LogP contribution is 2.66. The maximum Gasteiger partial charge on any atom is 0.237 e. The highest BCUT2D eigenvalue weighted by molar-refractivity contribution is 5.88. The normalized spacial score (nSPS) is 21.2. The van der Waals surface area contributed by atoms with Gasteiger partial charge in [-0.3, -0.25) is 0 Å². The number of ether oxygens (including phenoxy) is 2. The van der Waals surface area contributed by atoms with Gasteiger partial charge in [0.1, 0.15) is 34.2 Å². The van der Waals surface area contributed by atoms with Crippen LogP contribution in [0.2, 0.25) is 0 Å². The van der Waals surface area contributed by atoms with E-state index in [0.29, 0.717) is 11.8 Å². The van der Waals surface area contributed by atoms with Crippen LogP contribution in [0.4, 0.5) is 0 Å². The van der Waals surface area contributed by atoms with Gasteiger partial charge in [-0.2, -0.15) is 0 Å². The van der Waals surface area contributed by atoms with E-state index in [4.69, 9.17) is 50.3 Å². The molecule has 8 aromatic carbocycles. The molecule has 0 N–H and O–H groups in total. The molecule has 0 spiro atoms. The van der Waals surface area contributed by atoms with Crippen molar-refractivity contribution in [2.75, 3.05) is 14.2 Å². The van der Waals surface area contributed by atoms with Crippen molar-refractivity contribution in [2.24, 2.45) is 0 Å². The van der Waals surface area contributed by atoms with E-state index in [1.165, 1.54) is 89.0 Å². The molecule has 0 atom stereocenters. The number of benzene rings is 8. The van der Waals surface area contributed by atoms with Gasteiger partial charge in [-0.25, -0.2) is 0 Å². The summed E-state index contributed by atoms with van der Waals surface area (Å²) in [5.41, 5.74) is 33.1. The van der Waals surface area contributed by atoms with Crippen molar-refractivity contribution in [1.29, 1.82) is 0 Å². The van der Waals surface area contributed by atoms with Crippen molar-refractivity contribution in [3.05, 3.63) is 328 Å². The lowest BCUT2D eigenvalue weighted by atomic mass is 9.58. The molecule has 0 saturated carbocycles. The molecule has 12 aliphatic carbocycles. The standard InChI is InChI=1S/C74H46N8O2/c1-83-73-65-57-47-31-15-11-27-43(47)55(44-28-12-16-32-48(44)57)63(65)71(79-81-73)69-61-53-39-23-7-3-19-35(39)51(36-20-4-8-24-40(36)53)59(61)67(75-77-69)68-60-52-37-21-5-9-25-41(37)54(42-26-10-6-22-38(42)52)62(60)70(78-76-68)72-64-56-45-29-13-17-33-49(45)58(50-34-18-14-30-46(50)56)66(64)74(84-2)82-80-72/h3-34,51-58H,1-2H3. The molecule has 0 aliphatic heterocycles. The second kappa shape index (κ2) is 16.2. The van der Waals surface area contributed by atoms with Crippen LogP contribution < -0.4 is 9.47 Å². The third-order valence-electron chi connectivity index (χ3n) is 20.4. The predicted octanol–water partition coefficient (Wildman–Crippen LogP) is 13.8. The molecular formula is C74H46N8O2. The van der Waals surface area contributed by atoms with Crippen molar-refractivity contribution < 1.29 is 9.47 Å². The van der Waals surface area contributed by atoms with Gasteiger partial charge in [-0.05, 0) is 89.0 Å². The zero-order chi connectivity index (χ0) is 54.8. The van der Waals surface area contributed by atoms with Crippen LogP contribution in [-0.2, 0) is 0 Å². The maximum absolute atomic E-state index is 6.23. The van der Waals surface area contributed by atoms with Gasteiger partial charge in [0.2, 0.25) is 11.8 Å². The zero-order valence-electron chi connectivity index (χ0n) is 45.5. The van der Waals surface area contributed by atoms with E-state index in [0.717, 1.165) is 78.7 Å². The summed E-state index contributed by atoms with van der Waals surface area (Å²) in [6.45, 7) is 0. The maximum atomic E-state index is 6.23. The van der Waals surface area contributed by atoms with E-state index in [1.54, 1.807) is 14.2 Å². The Morgan fingerprint density at radius 1 is 0.190 bits per heavy atom. The summed E-state index contributed by atoms with van der Waals surface area (Å²) in [4.78, 5) is 0. The van der Waals surface area contributed by atoms with Crippen molar-refractivity contribution in [3.63, 3.8) is 0 Å². The van der Waals surface area contributed by atoms with Crippen LogP contribution in [0.15, 0.2) is 194 Å². The van der Waals surface area contributed by atoms with Gasteiger partial charge in [0.15, 0.2) is 0 Å². The van der Waals surface area contributed by atoms with Gasteiger partial charge in [0.25, 0.3) is 0 Å². The first-order valence-corrected chi connectivity index (χ1v) is 29.1. The van der Waals surface area contributed by atoms with Gasteiger partial charge in [-0.1, -0.05) is 194 Å². The van der Waals surface area contributed by atoms with E-state index in [2.05, 4.69) is 194 Å². The van der Waals surface area contributed by atoms with Crippen LogP contribution in [-0.4, -0.2) is 55.0 Å². The van der Waals surface area contributed by atoms with Crippen molar-refractivity contribution >= 4 is 0 Å². The molecule has 84 heavy (non-hydrogen) atoms. The van der Waals surface area contributed by atoms with Gasteiger partial charge in [0, 0.05) is 91.9 Å². The average Bonchev–Trinajstić information content (AvgIpc) is 0.982. The Morgan fingerprint density at radius 3 is 0.476 bits per heavy atom. The predicted molar refractivity (Wildman–Crippen MR) is 317 cm³/mol. The molecule has 0 unspecified atom stereocenters. The van der Waals surface area contributed by atoms with Crippen LogP contribution in [0.5, 0.6) is 11.8 Å². The van der Waals surface area contributed by atoms with Crippen LogP contribution in [0.1, 0.15) is 181 Å². The van der Waals surface area contributed by atoms with Gasteiger partial charge in [0.05, 0.1) is 14.2 Å². The highest BCUT2D eigenvalue weighted by Gasteiger charge is 2.53. The van der Waals surface area contributed by atoms with Crippen molar-refractivity contribution in [3.8, 4) is 45.9 Å². The molecular weight excluding hydrogens is 1030 g/mol. The SMILES string of the molecule is COc1nnc(-c2nnc(-c3nnc(-c4nnc(OC)c5c4C4c6ccccc6C5c5ccccc54)c4c3C3c5ccccc5C4c4ccccc43)c3c2C2c4ccccc4C3c3ccccc32)c2c1C1c3ccccc3C2c2ccccc21. The fourth-order valence-electron chi connectivity index (χ4n) is 17.6. The second-order valence-electron chi connectivity index (χ2n) is 23.7. The number of hydrogen-bond donors (Lipinski definition) is 0. The summed E-state index contributed by atoms with van der Waals surface area (Å²) in [6, 6.07) is 71.3. The molecule has 24 rings (SSSR count). The third kappa shape index (κ3) is 5.39. The Morgan fingerprint density at radius 2 is 0.321 bits per heavy atom. The number of rotatable bonds is 5. The first kappa shape index (κ1) is 45.3. The van der Waals surface area contributed by atoms with Crippen LogP contribution >= 0.6 is 0 Å². The Balaban J connectivity index is 0.893. The Kier molecular flexibility index (Phi) is 8.76. The average molecular weight is 1080 g/mol. The summed E-state index contributed by atoms with van der Waals surface area (Å²) in [7, 11) is 3.42. The number of methoxy groups -OCH3 is 2. The molecule has 10 nitrogen and oxygen atoms in total. The monoisotopic (exact) mass is 1080 g/mol. The van der Waals surface area contributed by atoms with Gasteiger partial charge < -0.3 is 9.47 Å². The second-order valence-corrected chi connectivity index (χ2v) is 23.7. The molecule has 12 aromatic rings. The minimum atomic E-state index is -0.214. The molecule has 4 heterocycles. The van der Waals surface area contributed by atoms with Gasteiger partial charge in [-0.15, -0.1) is 40.8 Å². The van der Waals surface area contributed by atoms with Crippen molar-refractivity contribution in [2.45, 2.75) is 47.3 Å². The van der Waals surface area contributed by atoms with E-state index in [9.17, 15) is 0 Å². The fourth-order valence-corrected chi connectivity index (χ4v) is 17.6. The molecule has 10 heteroatoms. The lowest BCUT2D eigenvalue weighted by Gasteiger charge is -2.45. The molecule has 0 saturated heterocycles. The zero-order valence-corrected chi connectivity index (χ0v) is 45.5. The van der Waals surface area contributed by atoms with Crippen molar-refractivity contribution in [1.82, 2.24) is 40.8 Å². The van der Waals surface area contributed by atoms with E-state index in [1.807, 2.05) is 0 Å².